The largest absolute Gasteiger partial charge is 0.493 e. The van der Waals surface area contributed by atoms with Gasteiger partial charge in [0.25, 0.3) is 0 Å². The molecule has 8 nitrogen and oxygen atoms in total. The summed E-state index contributed by atoms with van der Waals surface area (Å²) in [4.78, 5) is 25.9. The van der Waals surface area contributed by atoms with Crippen LogP contribution in [0.15, 0.2) is 24.3 Å². The van der Waals surface area contributed by atoms with Gasteiger partial charge in [-0.25, -0.2) is 0 Å². The highest BCUT2D eigenvalue weighted by Crippen LogP contribution is 2.52. The SMILES string of the molecule is COc1cc([C@H]2c3cc4c(cc3C(=O)[C@@H]3COC(=O)[C@H]23)OCO4)cc(OC)c1OC. The average molecular weight is 412 g/mol. The lowest BCUT2D eigenvalue weighted by Gasteiger charge is -2.33. The van der Waals surface area contributed by atoms with Crippen LogP contribution < -0.4 is 23.7 Å². The standard InChI is InChI=1S/C22H20O8/c1-25-16-4-10(5-17(26-2)21(16)27-3)18-11-6-14-15(30-9-29-14)7-12(11)20(23)13-8-28-22(24)19(13)18/h4-7,13,18-19H,8-9H2,1-3H3/t13-,18+,19+/m1/s1. The summed E-state index contributed by atoms with van der Waals surface area (Å²) in [5.74, 6) is 0.287. The van der Waals surface area contributed by atoms with Crippen molar-refractivity contribution in [1.82, 2.24) is 0 Å². The van der Waals surface area contributed by atoms with Crippen molar-refractivity contribution in [2.45, 2.75) is 5.92 Å². The molecule has 0 amide bonds. The number of carbonyl (C=O) groups is 2. The molecule has 0 radical (unpaired) electrons. The van der Waals surface area contributed by atoms with E-state index in [-0.39, 0.29) is 19.2 Å². The summed E-state index contributed by atoms with van der Waals surface area (Å²) in [5.41, 5.74) is 1.96. The number of hydrogen-bond donors (Lipinski definition) is 0. The first kappa shape index (κ1) is 18.6. The average Bonchev–Trinajstić information content (AvgIpc) is 3.38. The molecule has 1 fully saturated rings. The smallest absolute Gasteiger partial charge is 0.310 e. The van der Waals surface area contributed by atoms with Gasteiger partial charge in [-0.2, -0.15) is 0 Å². The number of cyclic esters (lactones) is 1. The number of methoxy groups -OCH3 is 3. The Morgan fingerprint density at radius 3 is 2.17 bits per heavy atom. The first-order chi connectivity index (χ1) is 14.6. The fourth-order valence-electron chi connectivity index (χ4n) is 4.63. The number of rotatable bonds is 4. The molecule has 0 unspecified atom stereocenters. The molecule has 2 aromatic carbocycles. The summed E-state index contributed by atoms with van der Waals surface area (Å²) in [5, 5.41) is 0. The molecule has 2 heterocycles. The van der Waals surface area contributed by atoms with E-state index in [1.807, 2.05) is 0 Å². The first-order valence-corrected chi connectivity index (χ1v) is 9.51. The van der Waals surface area contributed by atoms with Crippen molar-refractivity contribution in [3.8, 4) is 28.7 Å². The fraction of sp³-hybridized carbons (Fsp3) is 0.364. The van der Waals surface area contributed by atoms with Crippen LogP contribution in [-0.4, -0.2) is 46.5 Å². The van der Waals surface area contributed by atoms with Crippen LogP contribution >= 0.6 is 0 Å². The lowest BCUT2D eigenvalue weighted by molar-refractivity contribution is -0.141. The molecule has 2 aliphatic heterocycles. The Balaban J connectivity index is 1.75. The van der Waals surface area contributed by atoms with Crippen molar-refractivity contribution >= 4 is 11.8 Å². The molecule has 0 spiro atoms. The molecule has 3 atom stereocenters. The van der Waals surface area contributed by atoms with Crippen LogP contribution in [0.5, 0.6) is 28.7 Å². The summed E-state index contributed by atoms with van der Waals surface area (Å²) in [6.07, 6.45) is 0. The minimum absolute atomic E-state index is 0.0666. The van der Waals surface area contributed by atoms with Gasteiger partial charge in [-0.05, 0) is 35.4 Å². The Bertz CT molecular complexity index is 1030. The molecule has 8 heteroatoms. The summed E-state index contributed by atoms with van der Waals surface area (Å²) in [7, 11) is 4.59. The van der Waals surface area contributed by atoms with Gasteiger partial charge in [-0.15, -0.1) is 0 Å². The van der Waals surface area contributed by atoms with Gasteiger partial charge in [-0.3, -0.25) is 9.59 Å². The molecule has 2 aromatic rings. The highest BCUT2D eigenvalue weighted by molar-refractivity contribution is 6.05. The summed E-state index contributed by atoms with van der Waals surface area (Å²) in [6, 6.07) is 7.09. The minimum Gasteiger partial charge on any atom is -0.493 e. The van der Waals surface area contributed by atoms with Gasteiger partial charge in [-0.1, -0.05) is 0 Å². The highest BCUT2D eigenvalue weighted by Gasteiger charge is 2.52. The summed E-state index contributed by atoms with van der Waals surface area (Å²) >= 11 is 0. The second-order valence-corrected chi connectivity index (χ2v) is 7.36. The van der Waals surface area contributed by atoms with Gasteiger partial charge in [0.05, 0.1) is 33.2 Å². The van der Waals surface area contributed by atoms with E-state index in [0.29, 0.717) is 39.9 Å². The number of esters is 1. The predicted octanol–water partition coefficient (Wildman–Crippen LogP) is 2.56. The molecule has 0 saturated carbocycles. The molecule has 3 aliphatic rings. The van der Waals surface area contributed by atoms with E-state index in [2.05, 4.69) is 0 Å². The molecule has 30 heavy (non-hydrogen) atoms. The summed E-state index contributed by atoms with van der Waals surface area (Å²) < 4.78 is 32.7. The molecule has 0 aromatic heterocycles. The zero-order valence-electron chi connectivity index (χ0n) is 16.7. The number of ketones is 1. The van der Waals surface area contributed by atoms with E-state index in [4.69, 9.17) is 28.4 Å². The lowest BCUT2D eigenvalue weighted by atomic mass is 9.67. The van der Waals surface area contributed by atoms with Gasteiger partial charge in [0.2, 0.25) is 12.5 Å². The second kappa shape index (κ2) is 6.83. The van der Waals surface area contributed by atoms with Gasteiger partial charge in [0.15, 0.2) is 28.8 Å². The molecular weight excluding hydrogens is 392 g/mol. The molecule has 1 aliphatic carbocycles. The van der Waals surface area contributed by atoms with E-state index in [1.54, 1.807) is 24.3 Å². The maximum Gasteiger partial charge on any atom is 0.310 e. The molecular formula is C22H20O8. The number of Topliss-reactive ketones (excluding diaryl/α,β-unsaturated/α-hetero) is 1. The van der Waals surface area contributed by atoms with E-state index in [9.17, 15) is 9.59 Å². The van der Waals surface area contributed by atoms with Crippen LogP contribution in [0.3, 0.4) is 0 Å². The molecule has 5 rings (SSSR count). The van der Waals surface area contributed by atoms with Crippen molar-refractivity contribution in [1.29, 1.82) is 0 Å². The van der Waals surface area contributed by atoms with Crippen LogP contribution in [0.4, 0.5) is 0 Å². The van der Waals surface area contributed by atoms with Crippen molar-refractivity contribution in [3.63, 3.8) is 0 Å². The molecule has 0 bridgehead atoms. The number of hydrogen-bond acceptors (Lipinski definition) is 8. The van der Waals surface area contributed by atoms with E-state index >= 15 is 0 Å². The van der Waals surface area contributed by atoms with Gasteiger partial charge in [0, 0.05) is 11.5 Å². The first-order valence-electron chi connectivity index (χ1n) is 9.51. The Labute approximate surface area is 172 Å². The van der Waals surface area contributed by atoms with Gasteiger partial charge in [0.1, 0.15) is 6.61 Å². The van der Waals surface area contributed by atoms with Crippen molar-refractivity contribution in [2.75, 3.05) is 34.7 Å². The van der Waals surface area contributed by atoms with Crippen molar-refractivity contribution in [2.24, 2.45) is 11.8 Å². The van der Waals surface area contributed by atoms with Gasteiger partial charge >= 0.3 is 5.97 Å². The maximum absolute atomic E-state index is 13.2. The lowest BCUT2D eigenvalue weighted by Crippen LogP contribution is -2.36. The summed E-state index contributed by atoms with van der Waals surface area (Å²) in [6.45, 7) is 0.160. The predicted molar refractivity (Wildman–Crippen MR) is 103 cm³/mol. The van der Waals surface area contributed by atoms with Crippen molar-refractivity contribution in [3.05, 3.63) is 41.0 Å². The van der Waals surface area contributed by atoms with E-state index in [0.717, 1.165) is 5.56 Å². The zero-order valence-corrected chi connectivity index (χ0v) is 16.7. The maximum atomic E-state index is 13.2. The molecule has 156 valence electrons. The molecule has 0 N–H and O–H groups in total. The number of ether oxygens (including phenoxy) is 6. The third-order valence-corrected chi connectivity index (χ3v) is 6.00. The third kappa shape index (κ3) is 2.52. The highest BCUT2D eigenvalue weighted by atomic mass is 16.7. The van der Waals surface area contributed by atoms with Crippen LogP contribution in [0.1, 0.15) is 27.4 Å². The van der Waals surface area contributed by atoms with Crippen molar-refractivity contribution < 1.29 is 38.0 Å². The quantitative estimate of drug-likeness (QED) is 0.708. The normalized spacial score (nSPS) is 23.5. The number of benzene rings is 2. The fourth-order valence-corrected chi connectivity index (χ4v) is 4.63. The minimum atomic E-state index is -0.645. The second-order valence-electron chi connectivity index (χ2n) is 7.36. The monoisotopic (exact) mass is 412 g/mol. The van der Waals surface area contributed by atoms with E-state index < -0.39 is 23.7 Å². The van der Waals surface area contributed by atoms with Crippen LogP contribution in [0.25, 0.3) is 0 Å². The Hall–Kier alpha value is -3.42. The van der Waals surface area contributed by atoms with Crippen LogP contribution in [-0.2, 0) is 9.53 Å². The Morgan fingerprint density at radius 1 is 0.867 bits per heavy atom. The number of fused-ring (bicyclic) bond motifs is 3. The zero-order chi connectivity index (χ0) is 21.0. The van der Waals surface area contributed by atoms with Crippen LogP contribution in [0, 0.1) is 11.8 Å². The third-order valence-electron chi connectivity index (χ3n) is 6.00. The number of carbonyl (C=O) groups excluding carboxylic acids is 2. The van der Waals surface area contributed by atoms with E-state index in [1.165, 1.54) is 21.3 Å². The van der Waals surface area contributed by atoms with Crippen LogP contribution in [0.2, 0.25) is 0 Å². The van der Waals surface area contributed by atoms with Gasteiger partial charge < -0.3 is 28.4 Å². The Kier molecular flexibility index (Phi) is 4.23. The molecule has 1 saturated heterocycles. The topological polar surface area (TPSA) is 89.5 Å². The Morgan fingerprint density at radius 2 is 1.53 bits per heavy atom.